The van der Waals surface area contributed by atoms with Crippen molar-refractivity contribution in [2.75, 3.05) is 20.2 Å². The number of hydrogen-bond acceptors (Lipinski definition) is 6. The van der Waals surface area contributed by atoms with Crippen LogP contribution in [0.3, 0.4) is 0 Å². The molecule has 0 spiro atoms. The quantitative estimate of drug-likeness (QED) is 0.556. The van der Waals surface area contributed by atoms with Crippen molar-refractivity contribution in [1.82, 2.24) is 14.9 Å². The van der Waals surface area contributed by atoms with Crippen LogP contribution in [0.15, 0.2) is 67.0 Å². The minimum Gasteiger partial charge on any atom is -0.488 e. The van der Waals surface area contributed by atoms with Gasteiger partial charge in [0, 0.05) is 31.0 Å². The molecular formula is C23H26N4O3. The van der Waals surface area contributed by atoms with Crippen LogP contribution in [-0.4, -0.2) is 41.0 Å². The number of nitrogens with two attached hydrogens (primary N) is 1. The minimum atomic E-state index is -0.122. The molecule has 0 radical (unpaired) electrons. The second-order valence-electron chi connectivity index (χ2n) is 6.72. The molecule has 2 aromatic carbocycles. The maximum atomic E-state index is 13.3. The van der Waals surface area contributed by atoms with Crippen molar-refractivity contribution in [1.29, 1.82) is 0 Å². The normalized spacial score (nSPS) is 10.5. The fourth-order valence-corrected chi connectivity index (χ4v) is 2.96. The zero-order valence-electron chi connectivity index (χ0n) is 17.0. The molecule has 7 heteroatoms. The highest BCUT2D eigenvalue weighted by molar-refractivity contribution is 5.96. The maximum Gasteiger partial charge on any atom is 0.316 e. The molecule has 0 aliphatic rings. The molecule has 1 heterocycles. The summed E-state index contributed by atoms with van der Waals surface area (Å²) >= 11 is 0. The van der Waals surface area contributed by atoms with E-state index in [2.05, 4.69) is 9.97 Å². The number of amides is 1. The first-order valence-electron chi connectivity index (χ1n) is 9.81. The summed E-state index contributed by atoms with van der Waals surface area (Å²) in [6.45, 7) is 1.78. The van der Waals surface area contributed by atoms with Gasteiger partial charge >= 0.3 is 6.01 Å². The smallest absolute Gasteiger partial charge is 0.316 e. The Hall–Kier alpha value is -3.45. The molecule has 0 saturated carbocycles. The Morgan fingerprint density at radius 1 is 1.00 bits per heavy atom. The summed E-state index contributed by atoms with van der Waals surface area (Å²) in [6, 6.07) is 17.4. The number of methoxy groups -OCH3 is 1. The summed E-state index contributed by atoms with van der Waals surface area (Å²) in [7, 11) is 1.51. The molecule has 0 fully saturated rings. The van der Waals surface area contributed by atoms with Crippen LogP contribution in [0.4, 0.5) is 0 Å². The summed E-state index contributed by atoms with van der Waals surface area (Å²) in [5, 5.41) is 0. The van der Waals surface area contributed by atoms with Crippen molar-refractivity contribution >= 4 is 5.91 Å². The Bertz CT molecular complexity index is 933. The predicted molar refractivity (Wildman–Crippen MR) is 114 cm³/mol. The molecule has 0 aliphatic carbocycles. The van der Waals surface area contributed by atoms with Crippen molar-refractivity contribution in [2.45, 2.75) is 19.6 Å². The van der Waals surface area contributed by atoms with Crippen molar-refractivity contribution in [3.8, 4) is 11.8 Å². The van der Waals surface area contributed by atoms with E-state index >= 15 is 0 Å². The fraction of sp³-hybridized carbons (Fsp3) is 0.261. The molecule has 7 nitrogen and oxygen atoms in total. The molecule has 156 valence electrons. The average Bonchev–Trinajstić information content (AvgIpc) is 2.81. The maximum absolute atomic E-state index is 13.3. The highest BCUT2D eigenvalue weighted by Crippen LogP contribution is 2.22. The number of carbonyl (C=O) groups excluding carboxylic acids is 1. The van der Waals surface area contributed by atoms with Crippen LogP contribution >= 0.6 is 0 Å². The molecule has 0 saturated heterocycles. The Labute approximate surface area is 176 Å². The lowest BCUT2D eigenvalue weighted by atomic mass is 10.1. The SMILES string of the molecule is COc1ncc(CN(CCCN)C(=O)c2ccccc2OCc2ccccc2)cn1. The first kappa shape index (κ1) is 21.3. The van der Waals surface area contributed by atoms with Gasteiger partial charge in [-0.1, -0.05) is 42.5 Å². The lowest BCUT2D eigenvalue weighted by molar-refractivity contribution is 0.0737. The third-order valence-electron chi connectivity index (χ3n) is 4.51. The number of rotatable bonds is 10. The van der Waals surface area contributed by atoms with E-state index in [1.165, 1.54) is 7.11 Å². The number of hydrogen-bond donors (Lipinski definition) is 1. The molecular weight excluding hydrogens is 380 g/mol. The highest BCUT2D eigenvalue weighted by atomic mass is 16.5. The van der Waals surface area contributed by atoms with Gasteiger partial charge in [0.2, 0.25) is 0 Å². The Kier molecular flexibility index (Phi) is 7.74. The van der Waals surface area contributed by atoms with Gasteiger partial charge < -0.3 is 20.1 Å². The van der Waals surface area contributed by atoms with Gasteiger partial charge in [-0.25, -0.2) is 9.97 Å². The largest absolute Gasteiger partial charge is 0.488 e. The Morgan fingerprint density at radius 2 is 1.70 bits per heavy atom. The average molecular weight is 406 g/mol. The highest BCUT2D eigenvalue weighted by Gasteiger charge is 2.20. The van der Waals surface area contributed by atoms with Crippen molar-refractivity contribution in [3.63, 3.8) is 0 Å². The summed E-state index contributed by atoms with van der Waals surface area (Å²) in [4.78, 5) is 23.3. The van der Waals surface area contributed by atoms with Gasteiger partial charge in [0.1, 0.15) is 12.4 Å². The van der Waals surface area contributed by atoms with E-state index in [1.54, 1.807) is 23.4 Å². The van der Waals surface area contributed by atoms with Crippen LogP contribution in [0.5, 0.6) is 11.8 Å². The van der Waals surface area contributed by atoms with Gasteiger partial charge in [-0.15, -0.1) is 0 Å². The van der Waals surface area contributed by atoms with E-state index in [1.807, 2.05) is 48.5 Å². The van der Waals surface area contributed by atoms with Gasteiger partial charge in [0.05, 0.1) is 12.7 Å². The molecule has 0 aliphatic heterocycles. The van der Waals surface area contributed by atoms with Crippen molar-refractivity contribution < 1.29 is 14.3 Å². The second-order valence-corrected chi connectivity index (χ2v) is 6.72. The molecule has 1 aromatic heterocycles. The van der Waals surface area contributed by atoms with E-state index in [0.717, 1.165) is 11.1 Å². The van der Waals surface area contributed by atoms with Crippen molar-refractivity contribution in [2.24, 2.45) is 5.73 Å². The van der Waals surface area contributed by atoms with Gasteiger partial charge in [0.15, 0.2) is 0 Å². The molecule has 2 N–H and O–H groups in total. The lowest BCUT2D eigenvalue weighted by Gasteiger charge is -2.23. The van der Waals surface area contributed by atoms with E-state index in [0.29, 0.717) is 50.0 Å². The van der Waals surface area contributed by atoms with Crippen molar-refractivity contribution in [3.05, 3.63) is 83.7 Å². The summed E-state index contributed by atoms with van der Waals surface area (Å²) < 4.78 is 11.0. The molecule has 1 amide bonds. The number of aromatic nitrogens is 2. The monoisotopic (exact) mass is 406 g/mol. The molecule has 30 heavy (non-hydrogen) atoms. The second kappa shape index (κ2) is 10.9. The fourth-order valence-electron chi connectivity index (χ4n) is 2.96. The van der Waals surface area contributed by atoms with E-state index in [-0.39, 0.29) is 5.91 Å². The van der Waals surface area contributed by atoms with Crippen LogP contribution in [0.25, 0.3) is 0 Å². The minimum absolute atomic E-state index is 0.122. The third-order valence-corrected chi connectivity index (χ3v) is 4.51. The van der Waals surface area contributed by atoms with Crippen LogP contribution in [0.1, 0.15) is 27.9 Å². The van der Waals surface area contributed by atoms with Gasteiger partial charge in [-0.3, -0.25) is 4.79 Å². The molecule has 3 rings (SSSR count). The zero-order valence-corrected chi connectivity index (χ0v) is 17.0. The van der Waals surface area contributed by atoms with Crippen LogP contribution in [0.2, 0.25) is 0 Å². The van der Waals surface area contributed by atoms with Gasteiger partial charge in [-0.05, 0) is 30.7 Å². The first-order chi connectivity index (χ1) is 14.7. The number of ether oxygens (including phenoxy) is 2. The molecule has 0 atom stereocenters. The van der Waals surface area contributed by atoms with Crippen LogP contribution < -0.4 is 15.2 Å². The summed E-state index contributed by atoms with van der Waals surface area (Å²) in [5.74, 6) is 0.429. The van der Waals surface area contributed by atoms with E-state index in [4.69, 9.17) is 15.2 Å². The predicted octanol–water partition coefficient (Wildman–Crippen LogP) is 3.06. The van der Waals surface area contributed by atoms with E-state index < -0.39 is 0 Å². The zero-order chi connectivity index (χ0) is 21.2. The lowest BCUT2D eigenvalue weighted by Crippen LogP contribution is -2.33. The van der Waals surface area contributed by atoms with Gasteiger partial charge in [0.25, 0.3) is 5.91 Å². The summed E-state index contributed by atoms with van der Waals surface area (Å²) in [6.07, 6.45) is 4.01. The number of para-hydroxylation sites is 1. The standard InChI is InChI=1S/C23H26N4O3/c1-29-23-25-14-19(15-26-23)16-27(13-7-12-24)22(28)20-10-5-6-11-21(20)30-17-18-8-3-2-4-9-18/h2-6,8-11,14-15H,7,12-13,16-17,24H2,1H3. The summed E-state index contributed by atoms with van der Waals surface area (Å²) in [5.41, 5.74) is 8.05. The third kappa shape index (κ3) is 5.78. The number of carbonyl (C=O) groups is 1. The Balaban J connectivity index is 1.77. The van der Waals surface area contributed by atoms with Crippen LogP contribution in [0, 0.1) is 0 Å². The molecule has 0 unspecified atom stereocenters. The Morgan fingerprint density at radius 3 is 2.40 bits per heavy atom. The molecule has 0 bridgehead atoms. The number of nitrogens with zero attached hydrogens (tertiary/aromatic N) is 3. The van der Waals surface area contributed by atoms with Crippen LogP contribution in [-0.2, 0) is 13.2 Å². The topological polar surface area (TPSA) is 90.6 Å². The number of benzene rings is 2. The molecule has 3 aromatic rings. The first-order valence-corrected chi connectivity index (χ1v) is 9.81. The van der Waals surface area contributed by atoms with E-state index in [9.17, 15) is 4.79 Å². The van der Waals surface area contributed by atoms with Gasteiger partial charge in [-0.2, -0.15) is 0 Å².